The molecule has 0 aliphatic carbocycles. The van der Waals surface area contributed by atoms with Crippen LogP contribution in [0.15, 0.2) is 42.5 Å². The summed E-state index contributed by atoms with van der Waals surface area (Å²) in [5, 5.41) is 2.54. The fourth-order valence-corrected chi connectivity index (χ4v) is 4.24. The van der Waals surface area contributed by atoms with Gasteiger partial charge in [0.15, 0.2) is 0 Å². The summed E-state index contributed by atoms with van der Waals surface area (Å²) >= 11 is 5.81. The van der Waals surface area contributed by atoms with Crippen LogP contribution in [0.2, 0.25) is 5.02 Å². The van der Waals surface area contributed by atoms with Crippen LogP contribution in [0.25, 0.3) is 0 Å². The molecule has 2 aromatic carbocycles. The lowest BCUT2D eigenvalue weighted by atomic mass is 10.0. The van der Waals surface area contributed by atoms with Gasteiger partial charge in [-0.25, -0.2) is 12.8 Å². The molecule has 8 heteroatoms. The van der Waals surface area contributed by atoms with Gasteiger partial charge in [0.25, 0.3) is 0 Å². The predicted molar refractivity (Wildman–Crippen MR) is 112 cm³/mol. The van der Waals surface area contributed by atoms with E-state index in [2.05, 4.69) is 19.2 Å². The molecule has 28 heavy (non-hydrogen) atoms. The van der Waals surface area contributed by atoms with E-state index in [-0.39, 0.29) is 17.1 Å². The molecule has 2 aromatic rings. The first-order valence-electron chi connectivity index (χ1n) is 8.89. The van der Waals surface area contributed by atoms with Crippen LogP contribution in [0.3, 0.4) is 0 Å². The lowest BCUT2D eigenvalue weighted by Gasteiger charge is -2.30. The molecule has 5 nitrogen and oxygen atoms in total. The first kappa shape index (κ1) is 22.2. The Kier molecular flexibility index (Phi) is 7.06. The van der Waals surface area contributed by atoms with Gasteiger partial charge in [-0.05, 0) is 48.2 Å². The molecule has 0 aliphatic heterocycles. The Morgan fingerprint density at radius 3 is 2.25 bits per heavy atom. The molecule has 1 N–H and O–H groups in total. The summed E-state index contributed by atoms with van der Waals surface area (Å²) in [6, 6.07) is 9.93. The van der Waals surface area contributed by atoms with E-state index in [4.69, 9.17) is 11.6 Å². The van der Waals surface area contributed by atoms with Crippen molar-refractivity contribution in [2.75, 3.05) is 15.9 Å². The lowest BCUT2D eigenvalue weighted by Crippen LogP contribution is -2.47. The Bertz CT molecular complexity index is 946. The molecule has 0 saturated carbocycles. The van der Waals surface area contributed by atoms with Crippen LogP contribution in [0, 0.1) is 5.82 Å². The molecule has 1 amide bonds. The normalized spacial score (nSPS) is 12.7. The highest BCUT2D eigenvalue weighted by molar-refractivity contribution is 7.92. The maximum absolute atomic E-state index is 13.5. The second kappa shape index (κ2) is 8.92. The van der Waals surface area contributed by atoms with Gasteiger partial charge in [0.2, 0.25) is 15.9 Å². The van der Waals surface area contributed by atoms with Crippen molar-refractivity contribution in [2.45, 2.75) is 39.2 Å². The average molecular weight is 427 g/mol. The third kappa shape index (κ3) is 5.23. The minimum Gasteiger partial charge on any atom is -0.324 e. The van der Waals surface area contributed by atoms with E-state index in [0.717, 1.165) is 22.2 Å². The van der Waals surface area contributed by atoms with Crippen LogP contribution in [0.1, 0.15) is 38.7 Å². The van der Waals surface area contributed by atoms with Gasteiger partial charge < -0.3 is 5.32 Å². The Hall–Kier alpha value is -2.12. The fraction of sp³-hybridized carbons (Fsp3) is 0.350. The number of hydrogen-bond donors (Lipinski definition) is 1. The Morgan fingerprint density at radius 2 is 1.79 bits per heavy atom. The maximum atomic E-state index is 13.5. The van der Waals surface area contributed by atoms with E-state index in [1.54, 1.807) is 19.1 Å². The Morgan fingerprint density at radius 1 is 1.18 bits per heavy atom. The van der Waals surface area contributed by atoms with Crippen LogP contribution >= 0.6 is 11.6 Å². The van der Waals surface area contributed by atoms with Crippen LogP contribution in [0.5, 0.6) is 0 Å². The van der Waals surface area contributed by atoms with E-state index < -0.39 is 27.8 Å². The molecule has 0 bridgehead atoms. The third-order valence-corrected chi connectivity index (χ3v) is 5.80. The summed E-state index contributed by atoms with van der Waals surface area (Å²) in [5.41, 5.74) is 1.83. The largest absolute Gasteiger partial charge is 0.324 e. The number of carbonyl (C=O) groups is 1. The molecule has 1 atom stereocenters. The van der Waals surface area contributed by atoms with Gasteiger partial charge in [0.05, 0.1) is 17.0 Å². The molecule has 152 valence electrons. The second-order valence-corrected chi connectivity index (χ2v) is 9.11. The van der Waals surface area contributed by atoms with E-state index in [1.165, 1.54) is 12.1 Å². The molecule has 0 saturated heterocycles. The number of nitrogens with one attached hydrogen (secondary N) is 1. The second-order valence-electron chi connectivity index (χ2n) is 6.85. The zero-order chi connectivity index (χ0) is 21.1. The standard InChI is InChI=1S/C20H24ClFN2O3S/c1-5-19(20(25)23-15-8-6-14(7-9-15)13(2)3)24(28(4,26)27)16-10-11-18(22)17(21)12-16/h6-13,19H,5H2,1-4H3,(H,23,25). The number of nitrogens with zero attached hydrogens (tertiary/aromatic N) is 1. The van der Waals surface area contributed by atoms with Gasteiger partial charge in [-0.15, -0.1) is 0 Å². The zero-order valence-corrected chi connectivity index (χ0v) is 17.8. The van der Waals surface area contributed by atoms with E-state index in [1.807, 2.05) is 12.1 Å². The number of halogens is 2. The topological polar surface area (TPSA) is 66.5 Å². The molecule has 0 fully saturated rings. The van der Waals surface area contributed by atoms with Crippen molar-refractivity contribution < 1.29 is 17.6 Å². The quantitative estimate of drug-likeness (QED) is 0.692. The number of rotatable bonds is 7. The van der Waals surface area contributed by atoms with Crippen molar-refractivity contribution in [3.63, 3.8) is 0 Å². The van der Waals surface area contributed by atoms with Gasteiger partial charge in [-0.2, -0.15) is 0 Å². The number of anilines is 2. The van der Waals surface area contributed by atoms with Crippen LogP contribution in [0.4, 0.5) is 15.8 Å². The van der Waals surface area contributed by atoms with Crippen LogP contribution < -0.4 is 9.62 Å². The van der Waals surface area contributed by atoms with Gasteiger partial charge in [0.1, 0.15) is 11.9 Å². The fourth-order valence-electron chi connectivity index (χ4n) is 2.86. The highest BCUT2D eigenvalue weighted by atomic mass is 35.5. The summed E-state index contributed by atoms with van der Waals surface area (Å²) in [6.07, 6.45) is 1.22. The maximum Gasteiger partial charge on any atom is 0.248 e. The first-order chi connectivity index (χ1) is 13.0. The number of carbonyl (C=O) groups excluding carboxylic acids is 1. The van der Waals surface area contributed by atoms with Crippen molar-refractivity contribution in [1.29, 1.82) is 0 Å². The Balaban J connectivity index is 2.34. The van der Waals surface area contributed by atoms with E-state index >= 15 is 0 Å². The Labute approximate surface area is 170 Å². The number of benzene rings is 2. The summed E-state index contributed by atoms with van der Waals surface area (Å²) < 4.78 is 39.3. The molecular formula is C20H24ClFN2O3S. The van der Waals surface area contributed by atoms with Crippen molar-refractivity contribution in [1.82, 2.24) is 0 Å². The SMILES string of the molecule is CCC(C(=O)Nc1ccc(C(C)C)cc1)N(c1ccc(F)c(Cl)c1)S(C)(=O)=O. The van der Waals surface area contributed by atoms with Crippen molar-refractivity contribution in [2.24, 2.45) is 0 Å². The smallest absolute Gasteiger partial charge is 0.248 e. The average Bonchev–Trinajstić information content (AvgIpc) is 2.61. The molecule has 1 unspecified atom stereocenters. The van der Waals surface area contributed by atoms with Gasteiger partial charge >= 0.3 is 0 Å². The lowest BCUT2D eigenvalue weighted by molar-refractivity contribution is -0.117. The van der Waals surface area contributed by atoms with Gasteiger partial charge in [0, 0.05) is 5.69 Å². The van der Waals surface area contributed by atoms with Gasteiger partial charge in [-0.1, -0.05) is 44.5 Å². The molecule has 2 rings (SSSR count). The van der Waals surface area contributed by atoms with Crippen LogP contribution in [-0.4, -0.2) is 26.6 Å². The van der Waals surface area contributed by atoms with E-state index in [0.29, 0.717) is 11.6 Å². The monoisotopic (exact) mass is 426 g/mol. The number of amides is 1. The van der Waals surface area contributed by atoms with Crippen molar-refractivity contribution >= 4 is 38.9 Å². The molecule has 0 radical (unpaired) electrons. The van der Waals surface area contributed by atoms with Crippen molar-refractivity contribution in [3.8, 4) is 0 Å². The highest BCUT2D eigenvalue weighted by Crippen LogP contribution is 2.28. The summed E-state index contributed by atoms with van der Waals surface area (Å²) in [7, 11) is -3.82. The first-order valence-corrected chi connectivity index (χ1v) is 11.1. The highest BCUT2D eigenvalue weighted by Gasteiger charge is 2.32. The van der Waals surface area contributed by atoms with Crippen molar-refractivity contribution in [3.05, 3.63) is 58.9 Å². The summed E-state index contributed by atoms with van der Waals surface area (Å²) in [6.45, 7) is 5.84. The van der Waals surface area contributed by atoms with Gasteiger partial charge in [-0.3, -0.25) is 9.10 Å². The zero-order valence-electron chi connectivity index (χ0n) is 16.2. The third-order valence-electron chi connectivity index (χ3n) is 4.33. The minimum atomic E-state index is -3.82. The van der Waals surface area contributed by atoms with E-state index in [9.17, 15) is 17.6 Å². The minimum absolute atomic E-state index is 0.131. The predicted octanol–water partition coefficient (Wildman–Crippen LogP) is 4.79. The molecule has 0 spiro atoms. The molecule has 0 aliphatic rings. The molecular weight excluding hydrogens is 403 g/mol. The summed E-state index contributed by atoms with van der Waals surface area (Å²) in [5.74, 6) is -0.788. The summed E-state index contributed by atoms with van der Waals surface area (Å²) in [4.78, 5) is 12.9. The molecule has 0 aromatic heterocycles. The molecule has 0 heterocycles. The number of sulfonamides is 1. The van der Waals surface area contributed by atoms with Crippen LogP contribution in [-0.2, 0) is 14.8 Å². The number of hydrogen-bond acceptors (Lipinski definition) is 3.